The second-order valence-electron chi connectivity index (χ2n) is 8.61. The van der Waals surface area contributed by atoms with Gasteiger partial charge in [-0.2, -0.15) is 0 Å². The van der Waals surface area contributed by atoms with Crippen LogP contribution in [-0.4, -0.2) is 33.3 Å². The molecule has 0 fully saturated rings. The SMILES string of the molecule is COC(=O)[C@@H](N=C(c1ccccc1)c1ccccc1)[C@@H](NS(=O)(=O)c1ccc(C)cc1)c1ccccc1Cl. The van der Waals surface area contributed by atoms with E-state index in [1.54, 1.807) is 36.4 Å². The van der Waals surface area contributed by atoms with Crippen molar-refractivity contribution < 1.29 is 17.9 Å². The maximum atomic E-state index is 13.5. The Kier molecular flexibility index (Phi) is 8.73. The molecular formula is C30H27ClN2O4S. The molecule has 8 heteroatoms. The average Bonchev–Trinajstić information content (AvgIpc) is 2.94. The van der Waals surface area contributed by atoms with Crippen LogP contribution in [0.5, 0.6) is 0 Å². The number of rotatable bonds is 9. The van der Waals surface area contributed by atoms with Crippen LogP contribution >= 0.6 is 11.6 Å². The van der Waals surface area contributed by atoms with Gasteiger partial charge in [0.15, 0.2) is 6.04 Å². The molecule has 194 valence electrons. The maximum Gasteiger partial charge on any atom is 0.332 e. The van der Waals surface area contributed by atoms with E-state index in [1.807, 2.05) is 67.6 Å². The van der Waals surface area contributed by atoms with Crippen molar-refractivity contribution in [2.24, 2.45) is 4.99 Å². The fraction of sp³-hybridized carbons (Fsp3) is 0.133. The largest absolute Gasteiger partial charge is 0.467 e. The van der Waals surface area contributed by atoms with Gasteiger partial charge in [0.2, 0.25) is 10.0 Å². The van der Waals surface area contributed by atoms with Gasteiger partial charge in [-0.15, -0.1) is 0 Å². The Labute approximate surface area is 228 Å². The van der Waals surface area contributed by atoms with Gasteiger partial charge in [-0.05, 0) is 30.7 Å². The zero-order chi connectivity index (χ0) is 27.1. The van der Waals surface area contributed by atoms with Crippen molar-refractivity contribution in [3.05, 3.63) is 136 Å². The van der Waals surface area contributed by atoms with Crippen molar-refractivity contribution >= 4 is 33.3 Å². The molecule has 0 aliphatic rings. The van der Waals surface area contributed by atoms with Gasteiger partial charge in [-0.1, -0.05) is 108 Å². The summed E-state index contributed by atoms with van der Waals surface area (Å²) in [6.07, 6.45) is 0. The highest BCUT2D eigenvalue weighted by Crippen LogP contribution is 2.30. The fourth-order valence-electron chi connectivity index (χ4n) is 4.01. The summed E-state index contributed by atoms with van der Waals surface area (Å²) in [6.45, 7) is 1.87. The lowest BCUT2D eigenvalue weighted by Crippen LogP contribution is -2.40. The summed E-state index contributed by atoms with van der Waals surface area (Å²) < 4.78 is 34.9. The maximum absolute atomic E-state index is 13.5. The molecule has 0 bridgehead atoms. The highest BCUT2D eigenvalue weighted by Gasteiger charge is 2.36. The van der Waals surface area contributed by atoms with Crippen LogP contribution in [0.15, 0.2) is 119 Å². The normalized spacial score (nSPS) is 12.8. The first-order valence-corrected chi connectivity index (χ1v) is 13.8. The molecule has 0 saturated carbocycles. The third-order valence-corrected chi connectivity index (χ3v) is 7.78. The van der Waals surface area contributed by atoms with Crippen molar-refractivity contribution in [1.82, 2.24) is 4.72 Å². The highest BCUT2D eigenvalue weighted by atomic mass is 35.5. The quantitative estimate of drug-likeness (QED) is 0.214. The molecule has 0 aromatic heterocycles. The third-order valence-electron chi connectivity index (χ3n) is 5.97. The molecule has 0 spiro atoms. The number of ether oxygens (including phenoxy) is 1. The predicted molar refractivity (Wildman–Crippen MR) is 150 cm³/mol. The number of carbonyl (C=O) groups is 1. The second kappa shape index (κ2) is 12.2. The van der Waals surface area contributed by atoms with Gasteiger partial charge in [0.1, 0.15) is 0 Å². The van der Waals surface area contributed by atoms with Gasteiger partial charge < -0.3 is 4.74 Å². The number of aliphatic imine (C=N–C) groups is 1. The van der Waals surface area contributed by atoms with Crippen molar-refractivity contribution in [3.8, 4) is 0 Å². The van der Waals surface area contributed by atoms with Crippen LogP contribution < -0.4 is 4.72 Å². The Morgan fingerprint density at radius 2 is 1.34 bits per heavy atom. The van der Waals surface area contributed by atoms with E-state index in [0.717, 1.165) is 16.7 Å². The number of methoxy groups -OCH3 is 1. The minimum atomic E-state index is -4.08. The standard InChI is InChI=1S/C30H27ClN2O4S/c1-21-17-19-24(20-18-21)38(35,36)33-28(25-15-9-10-16-26(25)31)29(30(34)37-2)32-27(22-11-5-3-6-12-22)23-13-7-4-8-14-23/h3-20,28-29,33H,1-2H3/t28-,29-/m0/s1. The van der Waals surface area contributed by atoms with Crippen LogP contribution in [0.4, 0.5) is 0 Å². The second-order valence-corrected chi connectivity index (χ2v) is 10.7. The van der Waals surface area contributed by atoms with E-state index in [0.29, 0.717) is 11.3 Å². The fourth-order valence-corrected chi connectivity index (χ4v) is 5.48. The summed E-state index contributed by atoms with van der Waals surface area (Å²) in [4.78, 5) is 18.2. The molecule has 0 aliphatic carbocycles. The first-order chi connectivity index (χ1) is 18.3. The zero-order valence-electron chi connectivity index (χ0n) is 20.9. The Balaban J connectivity index is 1.91. The lowest BCUT2D eigenvalue weighted by molar-refractivity contribution is -0.142. The van der Waals surface area contributed by atoms with E-state index in [2.05, 4.69) is 4.72 Å². The summed E-state index contributed by atoms with van der Waals surface area (Å²) in [7, 11) is -2.83. The number of nitrogens with one attached hydrogen (secondary N) is 1. The highest BCUT2D eigenvalue weighted by molar-refractivity contribution is 7.89. The summed E-state index contributed by atoms with van der Waals surface area (Å²) >= 11 is 6.54. The lowest BCUT2D eigenvalue weighted by Gasteiger charge is -2.26. The zero-order valence-corrected chi connectivity index (χ0v) is 22.5. The first kappa shape index (κ1) is 27.3. The van der Waals surface area contributed by atoms with Crippen LogP contribution in [0.25, 0.3) is 0 Å². The van der Waals surface area contributed by atoms with Crippen molar-refractivity contribution in [1.29, 1.82) is 0 Å². The molecule has 0 radical (unpaired) electrons. The smallest absolute Gasteiger partial charge is 0.332 e. The number of hydrogen-bond donors (Lipinski definition) is 1. The van der Waals surface area contributed by atoms with E-state index >= 15 is 0 Å². The Morgan fingerprint density at radius 1 is 0.816 bits per heavy atom. The lowest BCUT2D eigenvalue weighted by atomic mass is 9.98. The molecule has 38 heavy (non-hydrogen) atoms. The van der Waals surface area contributed by atoms with E-state index in [1.165, 1.54) is 19.2 Å². The average molecular weight is 547 g/mol. The van der Waals surface area contributed by atoms with E-state index in [4.69, 9.17) is 21.3 Å². The molecule has 4 aromatic rings. The van der Waals surface area contributed by atoms with Gasteiger partial charge >= 0.3 is 5.97 Å². The topological polar surface area (TPSA) is 84.8 Å². The summed E-state index contributed by atoms with van der Waals surface area (Å²) in [6, 6.07) is 29.5. The number of sulfonamides is 1. The van der Waals surface area contributed by atoms with E-state index in [9.17, 15) is 13.2 Å². The van der Waals surface area contributed by atoms with Gasteiger partial charge in [-0.25, -0.2) is 17.9 Å². The number of esters is 1. The van der Waals surface area contributed by atoms with Gasteiger partial charge in [-0.3, -0.25) is 4.99 Å². The number of nitrogens with zero attached hydrogens (tertiary/aromatic N) is 1. The molecule has 6 nitrogen and oxygen atoms in total. The van der Waals surface area contributed by atoms with E-state index in [-0.39, 0.29) is 9.92 Å². The molecule has 0 unspecified atom stereocenters. The summed E-state index contributed by atoms with van der Waals surface area (Å²) in [5.74, 6) is -0.717. The minimum Gasteiger partial charge on any atom is -0.467 e. The van der Waals surface area contributed by atoms with Crippen molar-refractivity contribution in [2.45, 2.75) is 23.9 Å². The van der Waals surface area contributed by atoms with Crippen LogP contribution in [0, 0.1) is 6.92 Å². The van der Waals surface area contributed by atoms with Crippen LogP contribution in [0.3, 0.4) is 0 Å². The molecular weight excluding hydrogens is 520 g/mol. The number of halogens is 1. The molecule has 0 heterocycles. The number of aryl methyl sites for hydroxylation is 1. The Bertz CT molecular complexity index is 1480. The minimum absolute atomic E-state index is 0.0547. The molecule has 0 amide bonds. The monoisotopic (exact) mass is 546 g/mol. The predicted octanol–water partition coefficient (Wildman–Crippen LogP) is 5.75. The van der Waals surface area contributed by atoms with Crippen molar-refractivity contribution in [3.63, 3.8) is 0 Å². The molecule has 0 aliphatic heterocycles. The number of benzene rings is 4. The van der Waals surface area contributed by atoms with E-state index < -0.39 is 28.1 Å². The summed E-state index contributed by atoms with van der Waals surface area (Å²) in [5.41, 5.74) is 3.33. The number of hydrogen-bond acceptors (Lipinski definition) is 5. The van der Waals surface area contributed by atoms with Crippen LogP contribution in [0.2, 0.25) is 5.02 Å². The first-order valence-electron chi connectivity index (χ1n) is 11.9. The molecule has 1 N–H and O–H groups in total. The van der Waals surface area contributed by atoms with Gasteiger partial charge in [0.05, 0.1) is 23.8 Å². The third kappa shape index (κ3) is 6.37. The van der Waals surface area contributed by atoms with Crippen LogP contribution in [-0.2, 0) is 19.6 Å². The van der Waals surface area contributed by atoms with Gasteiger partial charge in [0, 0.05) is 16.1 Å². The molecule has 4 rings (SSSR count). The summed E-state index contributed by atoms with van der Waals surface area (Å²) in [5, 5.41) is 0.286. The van der Waals surface area contributed by atoms with Gasteiger partial charge in [0.25, 0.3) is 0 Å². The molecule has 2 atom stereocenters. The van der Waals surface area contributed by atoms with Crippen LogP contribution in [0.1, 0.15) is 28.3 Å². The van der Waals surface area contributed by atoms with Crippen molar-refractivity contribution in [2.75, 3.05) is 7.11 Å². The molecule has 4 aromatic carbocycles. The molecule has 0 saturated heterocycles. The number of carbonyl (C=O) groups excluding carboxylic acids is 1. The Hall–Kier alpha value is -3.78. The Morgan fingerprint density at radius 3 is 1.87 bits per heavy atom.